The Bertz CT molecular complexity index is 717. The summed E-state index contributed by atoms with van der Waals surface area (Å²) >= 11 is -1.42. The van der Waals surface area contributed by atoms with Crippen molar-refractivity contribution in [1.82, 2.24) is 0 Å². The van der Waals surface area contributed by atoms with E-state index in [9.17, 15) is 4.79 Å². The van der Waals surface area contributed by atoms with E-state index in [-0.39, 0.29) is 5.78 Å². The van der Waals surface area contributed by atoms with Gasteiger partial charge in [-0.25, -0.2) is 0 Å². The van der Waals surface area contributed by atoms with E-state index in [0.717, 1.165) is 11.1 Å². The molecule has 0 amide bonds. The van der Waals surface area contributed by atoms with Crippen molar-refractivity contribution in [2.45, 2.75) is 50.0 Å². The van der Waals surface area contributed by atoms with E-state index in [0.29, 0.717) is 0 Å². The predicted octanol–water partition coefficient (Wildman–Crippen LogP) is 5.22. The van der Waals surface area contributed by atoms with Gasteiger partial charge in [-0.05, 0) is 0 Å². The number of ketones is 1. The van der Waals surface area contributed by atoms with Crippen LogP contribution >= 0.6 is 0 Å². The molecule has 0 N–H and O–H groups in total. The van der Waals surface area contributed by atoms with Gasteiger partial charge in [-0.3, -0.25) is 0 Å². The van der Waals surface area contributed by atoms with Crippen molar-refractivity contribution in [3.8, 4) is 11.8 Å². The van der Waals surface area contributed by atoms with Gasteiger partial charge in [0.05, 0.1) is 0 Å². The monoisotopic (exact) mass is 393 g/mol. The van der Waals surface area contributed by atoms with E-state index in [1.54, 1.807) is 0 Å². The summed E-state index contributed by atoms with van der Waals surface area (Å²) in [5.41, 5.74) is 1.75. The van der Waals surface area contributed by atoms with Crippen molar-refractivity contribution in [3.05, 3.63) is 65.7 Å². The van der Waals surface area contributed by atoms with Gasteiger partial charge in [0.2, 0.25) is 0 Å². The van der Waals surface area contributed by atoms with Gasteiger partial charge >= 0.3 is 157 Å². The number of hydrogen-bond donors (Lipinski definition) is 0. The molecule has 0 heterocycles. The molecule has 0 saturated carbocycles. The molecule has 0 bridgehead atoms. The van der Waals surface area contributed by atoms with Gasteiger partial charge < -0.3 is 0 Å². The average molecular weight is 392 g/mol. The molecule has 0 aliphatic rings. The average Bonchev–Trinajstić information content (AvgIpc) is 2.67. The molecule has 1 radical (unpaired) electrons. The summed E-state index contributed by atoms with van der Waals surface area (Å²) < 4.78 is 1.34. The van der Waals surface area contributed by atoms with Crippen molar-refractivity contribution in [2.75, 3.05) is 0 Å². The number of hydrogen-bond acceptors (Lipinski definition) is 1. The maximum atomic E-state index is 12.7. The number of unbranched alkanes of at least 4 members (excludes halogenated alkanes) is 2. The fourth-order valence-corrected chi connectivity index (χ4v) is 9.72. The van der Waals surface area contributed by atoms with E-state index in [2.05, 4.69) is 37.8 Å². The molecule has 0 aliphatic carbocycles. The molecular formula is C23H27GeO. The van der Waals surface area contributed by atoms with Crippen molar-refractivity contribution >= 4 is 24.5 Å². The Morgan fingerprint density at radius 2 is 1.48 bits per heavy atom. The first kappa shape index (κ1) is 19.5. The van der Waals surface area contributed by atoms with Crippen LogP contribution in [-0.2, 0) is 0 Å². The molecule has 0 aromatic heterocycles. The van der Waals surface area contributed by atoms with E-state index in [4.69, 9.17) is 0 Å². The van der Waals surface area contributed by atoms with E-state index in [1.807, 2.05) is 42.5 Å². The van der Waals surface area contributed by atoms with Crippen LogP contribution in [0.2, 0.25) is 10.5 Å². The van der Waals surface area contributed by atoms with Gasteiger partial charge in [0.25, 0.3) is 0 Å². The van der Waals surface area contributed by atoms with Gasteiger partial charge in [-0.15, -0.1) is 0 Å². The molecule has 0 fully saturated rings. The summed E-state index contributed by atoms with van der Waals surface area (Å²) in [6.45, 7) is 4.50. The molecule has 1 nitrogen and oxygen atoms in total. The Balaban J connectivity index is 2.25. The van der Waals surface area contributed by atoms with Gasteiger partial charge in [0.15, 0.2) is 0 Å². The van der Waals surface area contributed by atoms with Gasteiger partial charge in [0.1, 0.15) is 0 Å². The van der Waals surface area contributed by atoms with Crippen molar-refractivity contribution in [1.29, 1.82) is 0 Å². The number of benzene rings is 2. The Hall–Kier alpha value is -1.79. The zero-order chi connectivity index (χ0) is 17.9. The van der Waals surface area contributed by atoms with Crippen LogP contribution in [0.4, 0.5) is 0 Å². The summed E-state index contributed by atoms with van der Waals surface area (Å²) in [5, 5.41) is 2.62. The third-order valence-corrected chi connectivity index (χ3v) is 10.8. The minimum atomic E-state index is -1.42. The first-order valence-electron chi connectivity index (χ1n) is 9.31. The first-order chi connectivity index (χ1) is 12.3. The number of carbonyl (C=O) groups is 1. The third kappa shape index (κ3) is 6.21. The normalized spacial score (nSPS) is 10.4. The molecule has 0 saturated heterocycles. The summed E-state index contributed by atoms with van der Waals surface area (Å²) in [6.07, 6.45) is 5.01. The second-order valence-electron chi connectivity index (χ2n) is 6.30. The Morgan fingerprint density at radius 1 is 0.880 bits per heavy atom. The van der Waals surface area contributed by atoms with E-state index in [1.165, 1.54) is 40.6 Å². The maximum absolute atomic E-state index is 12.7. The summed E-state index contributed by atoms with van der Waals surface area (Å²) in [5.74, 6) is 5.84. The zero-order valence-corrected chi connectivity index (χ0v) is 17.4. The number of Topliss-reactive ketones (excluding diaryl/α,β-unsaturated/α-hetero) is 1. The molecule has 2 aromatic rings. The Morgan fingerprint density at radius 3 is 2.12 bits per heavy atom. The van der Waals surface area contributed by atoms with E-state index < -0.39 is 14.3 Å². The van der Waals surface area contributed by atoms with Crippen LogP contribution in [0, 0.1) is 11.8 Å². The summed E-state index contributed by atoms with van der Waals surface area (Å²) in [4.78, 5) is 12.7. The van der Waals surface area contributed by atoms with Gasteiger partial charge in [0, 0.05) is 0 Å². The molecule has 129 valence electrons. The van der Waals surface area contributed by atoms with Crippen LogP contribution in [-0.4, -0.2) is 20.1 Å². The first-order valence-corrected chi connectivity index (χ1v) is 13.3. The molecule has 2 rings (SSSR count). The number of carbonyl (C=O) groups excluding carboxylic acids is 1. The van der Waals surface area contributed by atoms with Crippen LogP contribution in [0.5, 0.6) is 0 Å². The standard InChI is InChI=1S/C23H27GeO/c1-3-5-18-24(19-6-4-2)22-15-11-10-14-21(22)23(25)17-16-20-12-8-7-9-13-20/h7-15H,3-6,18-19H2,1-2H3. The Labute approximate surface area is 157 Å². The third-order valence-electron chi connectivity index (χ3n) is 4.31. The molecule has 2 heteroatoms. The quantitative estimate of drug-likeness (QED) is 0.342. The summed E-state index contributed by atoms with van der Waals surface area (Å²) in [6, 6.07) is 18.0. The van der Waals surface area contributed by atoms with Crippen LogP contribution in [0.1, 0.15) is 55.5 Å². The number of rotatable bonds is 8. The van der Waals surface area contributed by atoms with Crippen molar-refractivity contribution in [2.24, 2.45) is 0 Å². The summed E-state index contributed by atoms with van der Waals surface area (Å²) in [7, 11) is 0. The van der Waals surface area contributed by atoms with Crippen LogP contribution in [0.15, 0.2) is 54.6 Å². The van der Waals surface area contributed by atoms with Gasteiger partial charge in [-0.2, -0.15) is 0 Å². The molecule has 0 aliphatic heterocycles. The van der Waals surface area contributed by atoms with Crippen LogP contribution < -0.4 is 4.40 Å². The molecular weight excluding hydrogens is 365 g/mol. The second-order valence-corrected chi connectivity index (χ2v) is 12.1. The fourth-order valence-electron chi connectivity index (χ4n) is 2.88. The van der Waals surface area contributed by atoms with Crippen LogP contribution in [0.25, 0.3) is 0 Å². The zero-order valence-electron chi connectivity index (χ0n) is 15.3. The minimum absolute atomic E-state index is 0.0301. The van der Waals surface area contributed by atoms with E-state index >= 15 is 0 Å². The molecule has 2 aromatic carbocycles. The molecule has 0 spiro atoms. The fraction of sp³-hybridized carbons (Fsp3) is 0.348. The molecule has 0 atom stereocenters. The molecule has 25 heavy (non-hydrogen) atoms. The van der Waals surface area contributed by atoms with Gasteiger partial charge in [-0.1, -0.05) is 0 Å². The predicted molar refractivity (Wildman–Crippen MR) is 109 cm³/mol. The Kier molecular flexibility index (Phi) is 8.56. The van der Waals surface area contributed by atoms with Crippen LogP contribution in [0.3, 0.4) is 0 Å². The SMILES string of the molecule is CCC[CH2][Ge]([CH2]CCC)[c]1ccccc1C(=O)C#Cc1ccccc1. The topological polar surface area (TPSA) is 17.1 Å². The van der Waals surface area contributed by atoms with Crippen molar-refractivity contribution in [3.63, 3.8) is 0 Å². The second kappa shape index (κ2) is 11.0. The molecule has 0 unspecified atom stereocenters. The van der Waals surface area contributed by atoms with Crippen molar-refractivity contribution < 1.29 is 4.79 Å².